The number of aromatic nitrogens is 1. The molecule has 1 aromatic heterocycles. The summed E-state index contributed by atoms with van der Waals surface area (Å²) in [4.78, 5) is 39.8. The van der Waals surface area contributed by atoms with Crippen LogP contribution in [-0.2, 0) is 20.8 Å². The van der Waals surface area contributed by atoms with Crippen molar-refractivity contribution in [3.8, 4) is 0 Å². The van der Waals surface area contributed by atoms with E-state index in [4.69, 9.17) is 0 Å². The second-order valence-corrected chi connectivity index (χ2v) is 7.51. The molecule has 0 saturated carbocycles. The van der Waals surface area contributed by atoms with E-state index in [1.165, 1.54) is 11.3 Å². The summed E-state index contributed by atoms with van der Waals surface area (Å²) in [5.41, 5.74) is 2.99. The number of aliphatic carboxylic acids is 1. The Hall–Kier alpha value is -2.74. The number of hydrogen-bond donors (Lipinski definition) is 3. The molecule has 0 aliphatic heterocycles. The van der Waals surface area contributed by atoms with Crippen molar-refractivity contribution in [2.24, 2.45) is 5.92 Å². The number of thiazole rings is 1. The largest absolute Gasteiger partial charge is 0.479 e. The normalized spacial score (nSPS) is 11.9. The molecule has 0 aliphatic rings. The van der Waals surface area contributed by atoms with Crippen LogP contribution in [0.5, 0.6) is 0 Å². The Kier molecular flexibility index (Phi) is 6.68. The van der Waals surface area contributed by atoms with Crippen molar-refractivity contribution in [1.82, 2.24) is 10.3 Å². The van der Waals surface area contributed by atoms with E-state index in [9.17, 15) is 19.5 Å². The minimum absolute atomic E-state index is 0.0668. The molecule has 1 unspecified atom stereocenters. The van der Waals surface area contributed by atoms with E-state index in [0.717, 1.165) is 11.1 Å². The maximum atomic E-state index is 12.3. The molecular formula is C19H23N3O4S. The Morgan fingerprint density at radius 2 is 1.89 bits per heavy atom. The minimum atomic E-state index is -1.13. The van der Waals surface area contributed by atoms with Crippen LogP contribution in [-0.4, -0.2) is 27.9 Å². The average Bonchev–Trinajstić information content (AvgIpc) is 3.01. The van der Waals surface area contributed by atoms with Gasteiger partial charge in [-0.3, -0.25) is 9.59 Å². The average molecular weight is 389 g/mol. The first kappa shape index (κ1) is 20.6. The van der Waals surface area contributed by atoms with Crippen molar-refractivity contribution >= 4 is 34.3 Å². The van der Waals surface area contributed by atoms with Crippen LogP contribution < -0.4 is 10.6 Å². The van der Waals surface area contributed by atoms with Gasteiger partial charge in [0.25, 0.3) is 0 Å². The van der Waals surface area contributed by atoms with Gasteiger partial charge in [-0.1, -0.05) is 32.0 Å². The smallest absolute Gasteiger partial charge is 0.330 e. The zero-order valence-corrected chi connectivity index (χ0v) is 16.5. The lowest BCUT2D eigenvalue weighted by molar-refractivity contribution is -0.142. The van der Waals surface area contributed by atoms with Crippen LogP contribution in [0.3, 0.4) is 0 Å². The van der Waals surface area contributed by atoms with E-state index in [2.05, 4.69) is 15.6 Å². The molecule has 2 aromatic rings. The number of benzene rings is 1. The standard InChI is InChI=1S/C19H23N3O4S/c1-10(2)17(24)22-19-20-14(9-27-19)8-15(23)21-16(18(25)26)13-6-5-11(3)12(4)7-13/h5-7,9-10,16H,8H2,1-4H3,(H,21,23)(H,25,26)(H,20,22,24). The predicted molar refractivity (Wildman–Crippen MR) is 104 cm³/mol. The van der Waals surface area contributed by atoms with Gasteiger partial charge in [0.15, 0.2) is 11.2 Å². The van der Waals surface area contributed by atoms with Crippen LogP contribution in [0.1, 0.15) is 42.3 Å². The van der Waals surface area contributed by atoms with Crippen LogP contribution >= 0.6 is 11.3 Å². The zero-order chi connectivity index (χ0) is 20.1. The summed E-state index contributed by atoms with van der Waals surface area (Å²) in [6.45, 7) is 7.37. The quantitative estimate of drug-likeness (QED) is 0.675. The number of rotatable bonds is 7. The fourth-order valence-corrected chi connectivity index (χ4v) is 3.02. The molecule has 3 N–H and O–H groups in total. The number of amides is 2. The third kappa shape index (κ3) is 5.62. The molecule has 144 valence electrons. The highest BCUT2D eigenvalue weighted by Gasteiger charge is 2.23. The van der Waals surface area contributed by atoms with E-state index < -0.39 is 17.9 Å². The third-order valence-electron chi connectivity index (χ3n) is 4.06. The molecule has 0 fully saturated rings. The zero-order valence-electron chi connectivity index (χ0n) is 15.7. The molecule has 1 aromatic carbocycles. The lowest BCUT2D eigenvalue weighted by Crippen LogP contribution is -2.34. The number of anilines is 1. The van der Waals surface area contributed by atoms with Gasteiger partial charge in [0, 0.05) is 11.3 Å². The van der Waals surface area contributed by atoms with Crippen molar-refractivity contribution in [3.63, 3.8) is 0 Å². The first-order valence-corrected chi connectivity index (χ1v) is 9.40. The van der Waals surface area contributed by atoms with Crippen LogP contribution in [0.25, 0.3) is 0 Å². The SMILES string of the molecule is Cc1ccc(C(NC(=O)Cc2csc(NC(=O)C(C)C)n2)C(=O)O)cc1C. The summed E-state index contributed by atoms with van der Waals surface area (Å²) in [6, 6.07) is 4.16. The highest BCUT2D eigenvalue weighted by atomic mass is 32.1. The topological polar surface area (TPSA) is 108 Å². The number of nitrogens with zero attached hydrogens (tertiary/aromatic N) is 1. The maximum absolute atomic E-state index is 12.3. The van der Waals surface area contributed by atoms with Crippen molar-refractivity contribution in [1.29, 1.82) is 0 Å². The van der Waals surface area contributed by atoms with Crippen LogP contribution in [0.4, 0.5) is 5.13 Å². The third-order valence-corrected chi connectivity index (χ3v) is 4.87. The molecular weight excluding hydrogens is 366 g/mol. The fraction of sp³-hybridized carbons (Fsp3) is 0.368. The van der Waals surface area contributed by atoms with Gasteiger partial charge in [0.05, 0.1) is 12.1 Å². The van der Waals surface area contributed by atoms with Crippen molar-refractivity contribution in [3.05, 3.63) is 46.0 Å². The number of nitrogens with one attached hydrogen (secondary N) is 2. The Balaban J connectivity index is 2.04. The van der Waals surface area contributed by atoms with Gasteiger partial charge in [-0.05, 0) is 30.5 Å². The molecule has 0 saturated heterocycles. The van der Waals surface area contributed by atoms with Gasteiger partial charge < -0.3 is 15.7 Å². The number of carbonyl (C=O) groups excluding carboxylic acids is 2. The lowest BCUT2D eigenvalue weighted by atomic mass is 10.0. The minimum Gasteiger partial charge on any atom is -0.479 e. The number of carbonyl (C=O) groups is 3. The van der Waals surface area contributed by atoms with E-state index in [1.54, 1.807) is 31.4 Å². The molecule has 0 radical (unpaired) electrons. The van der Waals surface area contributed by atoms with Gasteiger partial charge in [-0.25, -0.2) is 9.78 Å². The molecule has 2 rings (SSSR count). The van der Waals surface area contributed by atoms with Gasteiger partial charge in [-0.2, -0.15) is 0 Å². The molecule has 2 amide bonds. The molecule has 0 aliphatic carbocycles. The molecule has 0 spiro atoms. The number of carboxylic acids is 1. The van der Waals surface area contributed by atoms with Crippen LogP contribution in [0.15, 0.2) is 23.6 Å². The predicted octanol–water partition coefficient (Wildman–Crippen LogP) is 2.84. The first-order valence-electron chi connectivity index (χ1n) is 8.52. The van der Waals surface area contributed by atoms with Crippen LogP contribution in [0, 0.1) is 19.8 Å². The van der Waals surface area contributed by atoms with E-state index in [1.807, 2.05) is 19.9 Å². The first-order chi connectivity index (χ1) is 12.7. The second-order valence-electron chi connectivity index (χ2n) is 6.65. The van der Waals surface area contributed by atoms with Gasteiger partial charge in [0.2, 0.25) is 11.8 Å². The number of hydrogen-bond acceptors (Lipinski definition) is 5. The Bertz CT molecular complexity index is 860. The van der Waals surface area contributed by atoms with Crippen LogP contribution in [0.2, 0.25) is 0 Å². The molecule has 7 nitrogen and oxygen atoms in total. The summed E-state index contributed by atoms with van der Waals surface area (Å²) in [5, 5.41) is 16.8. The lowest BCUT2D eigenvalue weighted by Gasteiger charge is -2.16. The van der Waals surface area contributed by atoms with Gasteiger partial charge in [0.1, 0.15) is 0 Å². The second kappa shape index (κ2) is 8.77. The van der Waals surface area contributed by atoms with Gasteiger partial charge >= 0.3 is 5.97 Å². The maximum Gasteiger partial charge on any atom is 0.330 e. The Morgan fingerprint density at radius 3 is 2.48 bits per heavy atom. The van der Waals surface area contributed by atoms with Crippen molar-refractivity contribution in [2.75, 3.05) is 5.32 Å². The summed E-state index contributed by atoms with van der Waals surface area (Å²) in [6.07, 6.45) is -0.0668. The van der Waals surface area contributed by atoms with Gasteiger partial charge in [-0.15, -0.1) is 11.3 Å². The molecule has 27 heavy (non-hydrogen) atoms. The van der Waals surface area contributed by atoms with E-state index in [0.29, 0.717) is 16.4 Å². The Morgan fingerprint density at radius 1 is 1.19 bits per heavy atom. The highest BCUT2D eigenvalue weighted by Crippen LogP contribution is 2.19. The van der Waals surface area contributed by atoms with Crippen molar-refractivity contribution in [2.45, 2.75) is 40.2 Å². The number of aryl methyl sites for hydroxylation is 2. The molecule has 1 heterocycles. The molecule has 1 atom stereocenters. The highest BCUT2D eigenvalue weighted by molar-refractivity contribution is 7.13. The molecule has 0 bridgehead atoms. The summed E-state index contributed by atoms with van der Waals surface area (Å²) in [7, 11) is 0. The number of carboxylic acid groups (broad SMARTS) is 1. The summed E-state index contributed by atoms with van der Waals surface area (Å²) < 4.78 is 0. The Labute approximate surface area is 161 Å². The summed E-state index contributed by atoms with van der Waals surface area (Å²) in [5.74, 6) is -1.90. The molecule has 8 heteroatoms. The van der Waals surface area contributed by atoms with Crippen molar-refractivity contribution < 1.29 is 19.5 Å². The fourth-order valence-electron chi connectivity index (χ4n) is 2.30. The van der Waals surface area contributed by atoms with E-state index >= 15 is 0 Å². The monoisotopic (exact) mass is 389 g/mol. The van der Waals surface area contributed by atoms with E-state index in [-0.39, 0.29) is 18.2 Å². The summed E-state index contributed by atoms with van der Waals surface area (Å²) >= 11 is 1.22.